The van der Waals surface area contributed by atoms with Crippen LogP contribution in [0.2, 0.25) is 0 Å². The maximum Gasteiger partial charge on any atom is 0.410 e. The summed E-state index contributed by atoms with van der Waals surface area (Å²) >= 11 is 0. The Labute approximate surface area is 216 Å². The minimum atomic E-state index is -0.313. The fourth-order valence-corrected chi connectivity index (χ4v) is 7.23. The number of amides is 2. The van der Waals surface area contributed by atoms with Gasteiger partial charge in [-0.25, -0.2) is 9.78 Å². The van der Waals surface area contributed by atoms with Crippen LogP contribution in [-0.4, -0.2) is 86.7 Å². The van der Waals surface area contributed by atoms with Crippen molar-refractivity contribution in [2.75, 3.05) is 32.7 Å². The van der Waals surface area contributed by atoms with Crippen molar-refractivity contribution in [1.82, 2.24) is 24.3 Å². The van der Waals surface area contributed by atoms with Gasteiger partial charge in [-0.15, -0.1) is 0 Å². The summed E-state index contributed by atoms with van der Waals surface area (Å²) in [7, 11) is 1.87. The molecule has 3 saturated heterocycles. The van der Waals surface area contributed by atoms with Crippen molar-refractivity contribution in [2.45, 2.75) is 102 Å². The van der Waals surface area contributed by atoms with Crippen LogP contribution < -0.4 is 0 Å². The molecule has 1 unspecified atom stereocenters. The monoisotopic (exact) mass is 499 g/mol. The van der Waals surface area contributed by atoms with Gasteiger partial charge in [-0.05, 0) is 38.0 Å². The summed E-state index contributed by atoms with van der Waals surface area (Å²) < 4.78 is 8.09. The zero-order valence-corrected chi connectivity index (χ0v) is 22.4. The lowest BCUT2D eigenvalue weighted by atomic mass is 9.80. The third-order valence-corrected chi connectivity index (χ3v) is 9.44. The van der Waals surface area contributed by atoms with E-state index in [-0.39, 0.29) is 23.6 Å². The number of hydrogen-bond donors (Lipinski definition) is 0. The van der Waals surface area contributed by atoms with Crippen LogP contribution in [0, 0.1) is 5.92 Å². The molecule has 8 nitrogen and oxygen atoms in total. The van der Waals surface area contributed by atoms with Gasteiger partial charge < -0.3 is 19.1 Å². The molecule has 4 aliphatic rings. The molecule has 3 aliphatic heterocycles. The van der Waals surface area contributed by atoms with Crippen LogP contribution in [0.3, 0.4) is 0 Å². The third kappa shape index (κ3) is 5.15. The number of hydrogen-bond acceptors (Lipinski definition) is 5. The van der Waals surface area contributed by atoms with Crippen molar-refractivity contribution in [3.63, 3.8) is 0 Å². The Hall–Kier alpha value is -2.09. The molecule has 8 heteroatoms. The molecule has 2 amide bonds. The van der Waals surface area contributed by atoms with Crippen LogP contribution in [0.5, 0.6) is 0 Å². The van der Waals surface area contributed by atoms with E-state index in [1.54, 1.807) is 10.8 Å². The second-order valence-electron chi connectivity index (χ2n) is 11.7. The first kappa shape index (κ1) is 25.6. The van der Waals surface area contributed by atoms with Gasteiger partial charge in [0.2, 0.25) is 0 Å². The van der Waals surface area contributed by atoms with Crippen molar-refractivity contribution < 1.29 is 14.3 Å². The lowest BCUT2D eigenvalue weighted by molar-refractivity contribution is -0.0386. The number of unbranched alkanes of at least 4 members (excludes halogenated alkanes) is 1. The molecule has 1 aliphatic carbocycles. The van der Waals surface area contributed by atoms with Crippen molar-refractivity contribution in [3.05, 3.63) is 18.2 Å². The zero-order valence-electron chi connectivity index (χ0n) is 22.4. The highest BCUT2D eigenvalue weighted by atomic mass is 16.6. The molecule has 0 radical (unpaired) electrons. The standard InChI is InChI=1S/C28H45N5O3/c1-3-4-10-24-28(36-27(35)33(24)21-22-8-6-5-7-9-22)13-18-31(19-14-28)23-11-16-32(17-12-23)26(34)25-29-15-20-30(25)2/h15,20,22-24H,3-14,16-19,21H2,1-2H3. The van der Waals surface area contributed by atoms with Gasteiger partial charge in [0, 0.05) is 71.0 Å². The molecular weight excluding hydrogens is 454 g/mol. The number of aryl methyl sites for hydroxylation is 1. The lowest BCUT2D eigenvalue weighted by Gasteiger charge is -2.46. The van der Waals surface area contributed by atoms with Crippen molar-refractivity contribution in [2.24, 2.45) is 13.0 Å². The molecule has 4 fully saturated rings. The first-order chi connectivity index (χ1) is 17.5. The van der Waals surface area contributed by atoms with Gasteiger partial charge in [0.15, 0.2) is 5.82 Å². The Bertz CT molecular complexity index is 895. The summed E-state index contributed by atoms with van der Waals surface area (Å²) in [6, 6.07) is 0.726. The number of imidazole rings is 1. The van der Waals surface area contributed by atoms with E-state index in [4.69, 9.17) is 4.74 Å². The van der Waals surface area contributed by atoms with Gasteiger partial charge in [0.05, 0.1) is 6.04 Å². The second-order valence-corrected chi connectivity index (χ2v) is 11.7. The van der Waals surface area contributed by atoms with Crippen molar-refractivity contribution >= 4 is 12.0 Å². The van der Waals surface area contributed by atoms with Crippen LogP contribution in [-0.2, 0) is 11.8 Å². The molecule has 5 rings (SSSR count). The number of carbonyl (C=O) groups is 2. The highest BCUT2D eigenvalue weighted by Crippen LogP contribution is 2.42. The van der Waals surface area contributed by atoms with Gasteiger partial charge in [-0.3, -0.25) is 9.69 Å². The van der Waals surface area contributed by atoms with E-state index in [2.05, 4.69) is 21.7 Å². The van der Waals surface area contributed by atoms with Gasteiger partial charge in [0.1, 0.15) is 5.60 Å². The largest absolute Gasteiger partial charge is 0.440 e. The number of nitrogens with zero attached hydrogens (tertiary/aromatic N) is 5. The van der Waals surface area contributed by atoms with E-state index >= 15 is 0 Å². The minimum absolute atomic E-state index is 0.0354. The Morgan fingerprint density at radius 2 is 1.81 bits per heavy atom. The Morgan fingerprint density at radius 3 is 2.44 bits per heavy atom. The number of carbonyl (C=O) groups excluding carboxylic acids is 2. The number of likely N-dealkylation sites (tertiary alicyclic amines) is 2. The second kappa shape index (κ2) is 11.1. The maximum absolute atomic E-state index is 13.1. The van der Waals surface area contributed by atoms with Crippen LogP contribution >= 0.6 is 0 Å². The number of ether oxygens (including phenoxy) is 1. The molecule has 0 aromatic carbocycles. The fourth-order valence-electron chi connectivity index (χ4n) is 7.23. The minimum Gasteiger partial charge on any atom is -0.440 e. The molecule has 1 aromatic rings. The van der Waals surface area contributed by atoms with Crippen LogP contribution in [0.1, 0.15) is 94.6 Å². The Balaban J connectivity index is 1.17. The molecule has 0 N–H and O–H groups in total. The molecule has 200 valence electrons. The predicted octanol–water partition coefficient (Wildman–Crippen LogP) is 4.45. The topological polar surface area (TPSA) is 70.9 Å². The normalized spacial score (nSPS) is 26.1. The highest BCUT2D eigenvalue weighted by Gasteiger charge is 2.55. The molecule has 1 aromatic heterocycles. The van der Waals surface area contributed by atoms with Gasteiger partial charge in [0.25, 0.3) is 5.91 Å². The first-order valence-electron chi connectivity index (χ1n) is 14.5. The van der Waals surface area contributed by atoms with Crippen LogP contribution in [0.4, 0.5) is 4.79 Å². The zero-order chi connectivity index (χ0) is 25.1. The van der Waals surface area contributed by atoms with E-state index in [1.807, 2.05) is 18.1 Å². The van der Waals surface area contributed by atoms with Gasteiger partial charge in [-0.1, -0.05) is 39.0 Å². The van der Waals surface area contributed by atoms with E-state index in [1.165, 1.54) is 32.1 Å². The third-order valence-electron chi connectivity index (χ3n) is 9.44. The summed E-state index contributed by atoms with van der Waals surface area (Å²) in [4.78, 5) is 36.9. The van der Waals surface area contributed by atoms with Gasteiger partial charge >= 0.3 is 6.09 Å². The van der Waals surface area contributed by atoms with E-state index in [0.29, 0.717) is 17.8 Å². The number of rotatable bonds is 7. The van der Waals surface area contributed by atoms with Crippen LogP contribution in [0.25, 0.3) is 0 Å². The summed E-state index contributed by atoms with van der Waals surface area (Å²) in [5.74, 6) is 1.20. The molecule has 1 saturated carbocycles. The fraction of sp³-hybridized carbons (Fsp3) is 0.821. The first-order valence-corrected chi connectivity index (χ1v) is 14.5. The molecule has 0 bridgehead atoms. The van der Waals surface area contributed by atoms with Crippen LogP contribution in [0.15, 0.2) is 12.4 Å². The highest BCUT2D eigenvalue weighted by molar-refractivity contribution is 5.90. The smallest absolute Gasteiger partial charge is 0.410 e. The lowest BCUT2D eigenvalue weighted by Crippen LogP contribution is -2.56. The molecule has 1 atom stereocenters. The predicted molar refractivity (Wildman–Crippen MR) is 139 cm³/mol. The summed E-state index contributed by atoms with van der Waals surface area (Å²) in [5, 5.41) is 0. The quantitative estimate of drug-likeness (QED) is 0.554. The summed E-state index contributed by atoms with van der Waals surface area (Å²) in [6.45, 7) is 6.64. The van der Waals surface area contributed by atoms with E-state index in [0.717, 1.165) is 77.7 Å². The summed E-state index contributed by atoms with van der Waals surface area (Å²) in [5.41, 5.74) is -0.313. The molecule has 36 heavy (non-hydrogen) atoms. The maximum atomic E-state index is 13.1. The van der Waals surface area contributed by atoms with E-state index < -0.39 is 0 Å². The Kier molecular flexibility index (Phi) is 7.89. The number of piperidine rings is 2. The Morgan fingerprint density at radius 1 is 1.08 bits per heavy atom. The van der Waals surface area contributed by atoms with E-state index in [9.17, 15) is 9.59 Å². The molecule has 1 spiro atoms. The van der Waals surface area contributed by atoms with Crippen molar-refractivity contribution in [1.29, 1.82) is 0 Å². The average Bonchev–Trinajstić information content (AvgIpc) is 3.44. The average molecular weight is 500 g/mol. The SMILES string of the molecule is CCCCC1N(CC2CCCCC2)C(=O)OC12CCN(C1CCN(C(=O)c3nccn3C)CC1)CC2. The molecular formula is C28H45N5O3. The number of aromatic nitrogens is 2. The summed E-state index contributed by atoms with van der Waals surface area (Å²) in [6.07, 6.45) is 17.1. The van der Waals surface area contributed by atoms with Gasteiger partial charge in [-0.2, -0.15) is 0 Å². The molecule has 4 heterocycles. The van der Waals surface area contributed by atoms with Crippen molar-refractivity contribution in [3.8, 4) is 0 Å².